The molecule has 2 rings (SSSR count). The van der Waals surface area contributed by atoms with Crippen molar-refractivity contribution >= 4 is 11.6 Å². The number of amides is 1. The third-order valence-electron chi connectivity index (χ3n) is 3.21. The molecule has 0 unspecified atom stereocenters. The molecule has 0 radical (unpaired) electrons. The maximum atomic E-state index is 13.1. The van der Waals surface area contributed by atoms with E-state index < -0.39 is 11.9 Å². The van der Waals surface area contributed by atoms with Gasteiger partial charge in [0.15, 0.2) is 6.10 Å². The van der Waals surface area contributed by atoms with Crippen molar-refractivity contribution in [1.82, 2.24) is 0 Å². The molecule has 0 saturated heterocycles. The molecule has 1 atom stereocenters. The van der Waals surface area contributed by atoms with Crippen LogP contribution in [0.15, 0.2) is 42.5 Å². The summed E-state index contributed by atoms with van der Waals surface area (Å²) >= 11 is 0. The van der Waals surface area contributed by atoms with E-state index in [0.717, 1.165) is 16.8 Å². The number of aryl methyl sites for hydroxylation is 2. The standard InChI is InChI=1S/C17H18FNO2/c1-11-6-4-7-12(2)16(11)19-17(20)13(3)21-15-9-5-8-14(18)10-15/h4-10,13H,1-3H3,(H,19,20)/t13-/m0/s1. The van der Waals surface area contributed by atoms with Crippen LogP contribution in [0.2, 0.25) is 0 Å². The molecule has 4 heteroatoms. The SMILES string of the molecule is Cc1cccc(C)c1NC(=O)[C@H](C)Oc1cccc(F)c1. The summed E-state index contributed by atoms with van der Waals surface area (Å²) in [7, 11) is 0. The van der Waals surface area contributed by atoms with Crippen LogP contribution in [-0.4, -0.2) is 12.0 Å². The maximum absolute atomic E-state index is 13.1. The summed E-state index contributed by atoms with van der Waals surface area (Å²) < 4.78 is 18.5. The fourth-order valence-corrected chi connectivity index (χ4v) is 2.03. The Hall–Kier alpha value is -2.36. The largest absolute Gasteiger partial charge is 0.481 e. The van der Waals surface area contributed by atoms with Crippen LogP contribution < -0.4 is 10.1 Å². The van der Waals surface area contributed by atoms with Crippen molar-refractivity contribution in [2.24, 2.45) is 0 Å². The minimum atomic E-state index is -0.717. The molecule has 0 spiro atoms. The summed E-state index contributed by atoms with van der Waals surface area (Å²) in [6, 6.07) is 11.5. The first-order valence-corrected chi connectivity index (χ1v) is 6.76. The Morgan fingerprint density at radius 1 is 1.14 bits per heavy atom. The van der Waals surface area contributed by atoms with E-state index in [9.17, 15) is 9.18 Å². The molecular formula is C17H18FNO2. The van der Waals surface area contributed by atoms with E-state index in [1.54, 1.807) is 19.1 Å². The molecule has 0 fully saturated rings. The highest BCUT2D eigenvalue weighted by molar-refractivity contribution is 5.95. The molecule has 3 nitrogen and oxygen atoms in total. The van der Waals surface area contributed by atoms with E-state index in [0.29, 0.717) is 5.75 Å². The van der Waals surface area contributed by atoms with Crippen molar-refractivity contribution in [2.45, 2.75) is 26.9 Å². The summed E-state index contributed by atoms with van der Waals surface area (Å²) in [6.07, 6.45) is -0.717. The Bertz CT molecular complexity index is 635. The first-order valence-electron chi connectivity index (χ1n) is 6.76. The lowest BCUT2D eigenvalue weighted by molar-refractivity contribution is -0.122. The maximum Gasteiger partial charge on any atom is 0.265 e. The van der Waals surface area contributed by atoms with E-state index in [1.165, 1.54) is 12.1 Å². The van der Waals surface area contributed by atoms with Gasteiger partial charge in [0, 0.05) is 11.8 Å². The number of benzene rings is 2. The summed E-state index contributed by atoms with van der Waals surface area (Å²) in [5, 5.41) is 2.86. The highest BCUT2D eigenvalue weighted by Crippen LogP contribution is 2.20. The van der Waals surface area contributed by atoms with Crippen LogP contribution in [0.1, 0.15) is 18.1 Å². The minimum Gasteiger partial charge on any atom is -0.481 e. The molecule has 0 heterocycles. The van der Waals surface area contributed by atoms with E-state index in [2.05, 4.69) is 5.32 Å². The van der Waals surface area contributed by atoms with Crippen LogP contribution in [0, 0.1) is 19.7 Å². The number of para-hydroxylation sites is 1. The zero-order chi connectivity index (χ0) is 15.4. The number of rotatable bonds is 4. The molecule has 21 heavy (non-hydrogen) atoms. The van der Waals surface area contributed by atoms with Crippen molar-refractivity contribution in [1.29, 1.82) is 0 Å². The lowest BCUT2D eigenvalue weighted by Crippen LogP contribution is -2.30. The van der Waals surface area contributed by atoms with E-state index in [1.807, 2.05) is 32.0 Å². The number of halogens is 1. The molecule has 1 N–H and O–H groups in total. The number of carbonyl (C=O) groups excluding carboxylic acids is 1. The minimum absolute atomic E-state index is 0.267. The van der Waals surface area contributed by atoms with Crippen LogP contribution in [0.4, 0.5) is 10.1 Å². The molecule has 1 amide bonds. The molecule has 0 saturated carbocycles. The van der Waals surface area contributed by atoms with Crippen molar-refractivity contribution in [3.05, 3.63) is 59.4 Å². The molecule has 110 valence electrons. The highest BCUT2D eigenvalue weighted by Gasteiger charge is 2.16. The average Bonchev–Trinajstić information content (AvgIpc) is 2.43. The Morgan fingerprint density at radius 3 is 2.38 bits per heavy atom. The molecule has 0 aliphatic heterocycles. The molecule has 2 aromatic rings. The molecular weight excluding hydrogens is 269 g/mol. The third-order valence-corrected chi connectivity index (χ3v) is 3.21. The lowest BCUT2D eigenvalue weighted by atomic mass is 10.1. The molecule has 0 bridgehead atoms. The monoisotopic (exact) mass is 287 g/mol. The zero-order valence-corrected chi connectivity index (χ0v) is 12.3. The Balaban J connectivity index is 2.06. The van der Waals surface area contributed by atoms with Gasteiger partial charge >= 0.3 is 0 Å². The summed E-state index contributed by atoms with van der Waals surface area (Å²) in [5.41, 5.74) is 2.76. The second-order valence-corrected chi connectivity index (χ2v) is 4.97. The fourth-order valence-electron chi connectivity index (χ4n) is 2.03. The van der Waals surface area contributed by atoms with Crippen LogP contribution in [0.5, 0.6) is 5.75 Å². The van der Waals surface area contributed by atoms with Crippen molar-refractivity contribution in [2.75, 3.05) is 5.32 Å². The first-order chi connectivity index (χ1) is 9.97. The summed E-state index contributed by atoms with van der Waals surface area (Å²) in [4.78, 5) is 12.2. The van der Waals surface area contributed by atoms with Crippen molar-refractivity contribution in [3.8, 4) is 5.75 Å². The Kier molecular flexibility index (Phi) is 4.58. The zero-order valence-electron chi connectivity index (χ0n) is 12.3. The van der Waals surface area contributed by atoms with Crippen molar-refractivity contribution < 1.29 is 13.9 Å². The van der Waals surface area contributed by atoms with Gasteiger partial charge in [0.05, 0.1) is 0 Å². The van der Waals surface area contributed by atoms with Gasteiger partial charge in [-0.15, -0.1) is 0 Å². The highest BCUT2D eigenvalue weighted by atomic mass is 19.1. The fraction of sp³-hybridized carbons (Fsp3) is 0.235. The van der Waals surface area contributed by atoms with Gasteiger partial charge in [0.1, 0.15) is 11.6 Å². The third kappa shape index (κ3) is 3.81. The number of hydrogen-bond acceptors (Lipinski definition) is 2. The normalized spacial score (nSPS) is 11.8. The van der Waals surface area contributed by atoms with Gasteiger partial charge in [-0.1, -0.05) is 24.3 Å². The smallest absolute Gasteiger partial charge is 0.265 e. The second kappa shape index (κ2) is 6.39. The van der Waals surface area contributed by atoms with Crippen molar-refractivity contribution in [3.63, 3.8) is 0 Å². The van der Waals surface area contributed by atoms with Gasteiger partial charge < -0.3 is 10.1 Å². The van der Waals surface area contributed by atoms with Gasteiger partial charge in [-0.05, 0) is 44.0 Å². The molecule has 0 aliphatic rings. The van der Waals surface area contributed by atoms with Crippen LogP contribution >= 0.6 is 0 Å². The summed E-state index contributed by atoms with van der Waals surface area (Å²) in [5.74, 6) is -0.328. The number of anilines is 1. The average molecular weight is 287 g/mol. The molecule has 0 aromatic heterocycles. The first kappa shape index (κ1) is 15.0. The van der Waals surface area contributed by atoms with Gasteiger partial charge in [-0.3, -0.25) is 4.79 Å². The quantitative estimate of drug-likeness (QED) is 0.927. The second-order valence-electron chi connectivity index (χ2n) is 4.97. The Morgan fingerprint density at radius 2 is 1.76 bits per heavy atom. The molecule has 2 aromatic carbocycles. The molecule has 0 aliphatic carbocycles. The number of nitrogens with one attached hydrogen (secondary N) is 1. The van der Waals surface area contributed by atoms with Gasteiger partial charge in [0.25, 0.3) is 5.91 Å². The van der Waals surface area contributed by atoms with Gasteiger partial charge in [0.2, 0.25) is 0 Å². The number of ether oxygens (including phenoxy) is 1. The lowest BCUT2D eigenvalue weighted by Gasteiger charge is -2.17. The van der Waals surface area contributed by atoms with Crippen LogP contribution in [0.3, 0.4) is 0 Å². The Labute approximate surface area is 123 Å². The predicted octanol–water partition coefficient (Wildman–Crippen LogP) is 3.85. The van der Waals surface area contributed by atoms with E-state index in [4.69, 9.17) is 4.74 Å². The summed E-state index contributed by atoms with van der Waals surface area (Å²) in [6.45, 7) is 5.50. The topological polar surface area (TPSA) is 38.3 Å². The van der Waals surface area contributed by atoms with Gasteiger partial charge in [-0.2, -0.15) is 0 Å². The van der Waals surface area contributed by atoms with E-state index >= 15 is 0 Å². The predicted molar refractivity (Wildman–Crippen MR) is 81.0 cm³/mol. The number of hydrogen-bond donors (Lipinski definition) is 1. The van der Waals surface area contributed by atoms with Crippen LogP contribution in [0.25, 0.3) is 0 Å². The van der Waals surface area contributed by atoms with Crippen LogP contribution in [-0.2, 0) is 4.79 Å². The van der Waals surface area contributed by atoms with E-state index in [-0.39, 0.29) is 5.91 Å². The van der Waals surface area contributed by atoms with Gasteiger partial charge in [-0.25, -0.2) is 4.39 Å². The number of carbonyl (C=O) groups is 1.